The molecule has 0 amide bonds. The number of rotatable bonds is 3. The number of aliphatic hydroxyl groups excluding tert-OH is 1. The number of aromatic nitrogens is 3. The first-order valence-corrected chi connectivity index (χ1v) is 10.2. The molecule has 0 bridgehead atoms. The molecule has 0 aliphatic heterocycles. The van der Waals surface area contributed by atoms with Crippen molar-refractivity contribution >= 4 is 6.08 Å². The predicted molar refractivity (Wildman–Crippen MR) is 110 cm³/mol. The first kappa shape index (κ1) is 18.3. The fourth-order valence-electron chi connectivity index (χ4n) is 5.17. The molecule has 1 aromatic carbocycles. The smallest absolute Gasteiger partial charge is 0.123 e. The Morgan fingerprint density at radius 1 is 1.17 bits per heavy atom. The lowest BCUT2D eigenvalue weighted by Gasteiger charge is -2.47. The fraction of sp³-hybridized carbons (Fsp3) is 0.333. The summed E-state index contributed by atoms with van der Waals surface area (Å²) >= 11 is 0. The fourth-order valence-corrected chi connectivity index (χ4v) is 5.17. The predicted octanol–water partition coefficient (Wildman–Crippen LogP) is 4.89. The molecule has 5 heteroatoms. The van der Waals surface area contributed by atoms with E-state index in [1.165, 1.54) is 23.3 Å². The number of nitrogens with zero attached hydrogens (tertiary/aromatic N) is 3. The minimum absolute atomic E-state index is 0.107. The van der Waals surface area contributed by atoms with Gasteiger partial charge < -0.3 is 5.11 Å². The Morgan fingerprint density at radius 2 is 1.93 bits per heavy atom. The summed E-state index contributed by atoms with van der Waals surface area (Å²) in [6.07, 6.45) is 11.1. The largest absolute Gasteiger partial charge is 0.388 e. The van der Waals surface area contributed by atoms with Crippen molar-refractivity contribution < 1.29 is 9.50 Å². The first-order chi connectivity index (χ1) is 14.1. The van der Waals surface area contributed by atoms with Crippen LogP contribution in [-0.4, -0.2) is 19.9 Å². The highest BCUT2D eigenvalue weighted by atomic mass is 19.1. The van der Waals surface area contributed by atoms with Crippen molar-refractivity contribution in [3.63, 3.8) is 0 Å². The number of halogens is 1. The van der Waals surface area contributed by atoms with Crippen molar-refractivity contribution in [2.75, 3.05) is 0 Å². The van der Waals surface area contributed by atoms with Gasteiger partial charge in [0.15, 0.2) is 0 Å². The second kappa shape index (κ2) is 6.92. The molecule has 2 aromatic heterocycles. The van der Waals surface area contributed by atoms with E-state index in [-0.39, 0.29) is 17.2 Å². The van der Waals surface area contributed by atoms with Gasteiger partial charge in [0.1, 0.15) is 5.82 Å². The monoisotopic (exact) mass is 389 g/mol. The topological polar surface area (TPSA) is 50.9 Å². The zero-order chi connectivity index (χ0) is 20.0. The van der Waals surface area contributed by atoms with Crippen LogP contribution >= 0.6 is 0 Å². The Labute approximate surface area is 169 Å². The Kier molecular flexibility index (Phi) is 4.36. The number of benzene rings is 1. The van der Waals surface area contributed by atoms with Crippen LogP contribution in [-0.2, 0) is 6.42 Å². The second-order valence-corrected chi connectivity index (χ2v) is 8.43. The summed E-state index contributed by atoms with van der Waals surface area (Å²) in [5, 5.41) is 15.8. The zero-order valence-corrected chi connectivity index (χ0v) is 16.4. The summed E-state index contributed by atoms with van der Waals surface area (Å²) in [5.41, 5.74) is 5.30. The van der Waals surface area contributed by atoms with Crippen LogP contribution < -0.4 is 0 Å². The standard InChI is InChI=1S/C24H24FN3O/c1-24-14-17-15-27-28(20-7-5-19(25)6-8-20)22(17)13-18(24)3-2-4-21(24)23(29)16-9-11-26-12-10-16/h5-13,15,21,23,29H,2-4,14H2,1H3. The zero-order valence-electron chi connectivity index (χ0n) is 16.4. The van der Waals surface area contributed by atoms with E-state index in [1.807, 2.05) is 23.0 Å². The molecule has 2 aliphatic rings. The van der Waals surface area contributed by atoms with Crippen LogP contribution in [0.25, 0.3) is 11.8 Å². The van der Waals surface area contributed by atoms with E-state index in [1.54, 1.807) is 24.5 Å². The number of aliphatic hydroxyl groups is 1. The van der Waals surface area contributed by atoms with Crippen molar-refractivity contribution in [1.82, 2.24) is 14.8 Å². The van der Waals surface area contributed by atoms with Crippen LogP contribution in [0.3, 0.4) is 0 Å². The minimum atomic E-state index is -0.514. The van der Waals surface area contributed by atoms with Crippen LogP contribution in [0.4, 0.5) is 4.39 Å². The quantitative estimate of drug-likeness (QED) is 0.694. The molecule has 0 radical (unpaired) electrons. The molecular formula is C24H24FN3O. The molecule has 29 heavy (non-hydrogen) atoms. The highest BCUT2D eigenvalue weighted by Crippen LogP contribution is 2.54. The number of fused-ring (bicyclic) bond motifs is 2. The molecule has 1 N–H and O–H groups in total. The number of pyridine rings is 1. The third kappa shape index (κ3) is 3.01. The SMILES string of the molecule is CC12Cc3cnn(-c4ccc(F)cc4)c3C=C1CCCC2C(O)c1ccncc1. The van der Waals surface area contributed by atoms with E-state index in [0.29, 0.717) is 0 Å². The first-order valence-electron chi connectivity index (χ1n) is 10.2. The molecule has 0 saturated heterocycles. The van der Waals surface area contributed by atoms with Crippen LogP contribution in [0.15, 0.2) is 60.6 Å². The normalized spacial score (nSPS) is 24.4. The van der Waals surface area contributed by atoms with Crippen molar-refractivity contribution in [2.45, 2.75) is 38.7 Å². The molecule has 3 aromatic rings. The van der Waals surface area contributed by atoms with Gasteiger partial charge in [-0.25, -0.2) is 9.07 Å². The van der Waals surface area contributed by atoms with Gasteiger partial charge in [-0.1, -0.05) is 12.5 Å². The van der Waals surface area contributed by atoms with Crippen LogP contribution in [0.2, 0.25) is 0 Å². The van der Waals surface area contributed by atoms with Gasteiger partial charge in [-0.3, -0.25) is 4.98 Å². The average Bonchev–Trinajstić information content (AvgIpc) is 3.14. The second-order valence-electron chi connectivity index (χ2n) is 8.43. The lowest BCUT2D eigenvalue weighted by molar-refractivity contribution is 0.0216. The number of hydrogen-bond acceptors (Lipinski definition) is 3. The van der Waals surface area contributed by atoms with Crippen molar-refractivity contribution in [3.8, 4) is 5.69 Å². The van der Waals surface area contributed by atoms with E-state index in [9.17, 15) is 9.50 Å². The van der Waals surface area contributed by atoms with Crippen molar-refractivity contribution in [3.05, 3.63) is 83.2 Å². The third-order valence-corrected chi connectivity index (χ3v) is 6.77. The molecule has 3 atom stereocenters. The Bertz CT molecular complexity index is 1060. The number of hydrogen-bond donors (Lipinski definition) is 1. The maximum absolute atomic E-state index is 13.3. The van der Waals surface area contributed by atoms with Gasteiger partial charge in [0.25, 0.3) is 0 Å². The Balaban J connectivity index is 1.53. The van der Waals surface area contributed by atoms with Crippen LogP contribution in [0.5, 0.6) is 0 Å². The lowest BCUT2D eigenvalue weighted by Crippen LogP contribution is -2.40. The molecular weight excluding hydrogens is 365 g/mol. The van der Waals surface area contributed by atoms with E-state index in [2.05, 4.69) is 23.1 Å². The summed E-state index contributed by atoms with van der Waals surface area (Å²) in [6.45, 7) is 2.28. The van der Waals surface area contributed by atoms with E-state index >= 15 is 0 Å². The molecule has 2 aliphatic carbocycles. The van der Waals surface area contributed by atoms with Crippen LogP contribution in [0, 0.1) is 17.2 Å². The van der Waals surface area contributed by atoms with Crippen molar-refractivity contribution in [2.24, 2.45) is 11.3 Å². The molecule has 1 fully saturated rings. The molecule has 148 valence electrons. The third-order valence-electron chi connectivity index (χ3n) is 6.77. The van der Waals surface area contributed by atoms with Crippen LogP contribution in [0.1, 0.15) is 49.1 Å². The molecule has 4 nitrogen and oxygen atoms in total. The minimum Gasteiger partial charge on any atom is -0.388 e. The summed E-state index contributed by atoms with van der Waals surface area (Å²) in [7, 11) is 0. The maximum atomic E-state index is 13.3. The Morgan fingerprint density at radius 3 is 2.69 bits per heavy atom. The average molecular weight is 389 g/mol. The summed E-state index contributed by atoms with van der Waals surface area (Å²) in [6, 6.07) is 10.3. The highest BCUT2D eigenvalue weighted by Gasteiger charge is 2.46. The Hall–Kier alpha value is -2.79. The van der Waals surface area contributed by atoms with Gasteiger partial charge in [-0.05, 0) is 90.6 Å². The summed E-state index contributed by atoms with van der Waals surface area (Å²) in [4.78, 5) is 4.08. The molecule has 3 unspecified atom stereocenters. The maximum Gasteiger partial charge on any atom is 0.123 e. The molecule has 0 spiro atoms. The molecule has 5 rings (SSSR count). The van der Waals surface area contributed by atoms with Gasteiger partial charge in [-0.15, -0.1) is 0 Å². The van der Waals surface area contributed by atoms with E-state index < -0.39 is 6.10 Å². The molecule has 2 heterocycles. The van der Waals surface area contributed by atoms with Gasteiger partial charge in [0.2, 0.25) is 0 Å². The summed E-state index contributed by atoms with van der Waals surface area (Å²) < 4.78 is 15.2. The highest BCUT2D eigenvalue weighted by molar-refractivity contribution is 5.61. The van der Waals surface area contributed by atoms with Gasteiger partial charge in [0, 0.05) is 12.4 Å². The lowest BCUT2D eigenvalue weighted by atomic mass is 9.58. The number of allylic oxidation sites excluding steroid dienone is 1. The van der Waals surface area contributed by atoms with Gasteiger partial charge >= 0.3 is 0 Å². The van der Waals surface area contributed by atoms with E-state index in [4.69, 9.17) is 0 Å². The molecule has 1 saturated carbocycles. The van der Waals surface area contributed by atoms with Crippen molar-refractivity contribution in [1.29, 1.82) is 0 Å². The summed E-state index contributed by atoms with van der Waals surface area (Å²) in [5.74, 6) is -0.104. The van der Waals surface area contributed by atoms with E-state index in [0.717, 1.165) is 42.6 Å². The van der Waals surface area contributed by atoms with Gasteiger partial charge in [0.05, 0.1) is 23.7 Å². The van der Waals surface area contributed by atoms with Gasteiger partial charge in [-0.2, -0.15) is 5.10 Å².